The van der Waals surface area contributed by atoms with Crippen molar-refractivity contribution in [2.75, 3.05) is 0 Å². The zero-order chi connectivity index (χ0) is 14.2. The van der Waals surface area contributed by atoms with E-state index in [1.165, 1.54) is 4.88 Å². The number of hydrogen-bond donors (Lipinski definition) is 1. The van der Waals surface area contributed by atoms with E-state index in [4.69, 9.17) is 10.3 Å². The van der Waals surface area contributed by atoms with Crippen molar-refractivity contribution in [2.24, 2.45) is 11.7 Å². The molecule has 5 heteroatoms. The monoisotopic (exact) mass is 291 g/mol. The normalized spacial score (nSPS) is 26.9. The third-order valence-electron chi connectivity index (χ3n) is 4.26. The van der Waals surface area contributed by atoms with Gasteiger partial charge in [0, 0.05) is 4.88 Å². The van der Waals surface area contributed by atoms with E-state index >= 15 is 0 Å². The molecule has 4 nitrogen and oxygen atoms in total. The van der Waals surface area contributed by atoms with E-state index in [9.17, 15) is 0 Å². The summed E-state index contributed by atoms with van der Waals surface area (Å²) in [6.45, 7) is 4.42. The molecular weight excluding hydrogens is 270 g/mol. The van der Waals surface area contributed by atoms with E-state index in [2.05, 4.69) is 30.1 Å². The number of hydrogen-bond acceptors (Lipinski definition) is 5. The number of nitrogens with two attached hydrogens (primary N) is 1. The number of aromatic nitrogens is 2. The first-order chi connectivity index (χ1) is 9.60. The number of thiophene rings is 1. The number of nitrogens with zero attached hydrogens (tertiary/aromatic N) is 2. The van der Waals surface area contributed by atoms with Crippen LogP contribution in [0.25, 0.3) is 10.8 Å². The van der Waals surface area contributed by atoms with Crippen molar-refractivity contribution >= 4 is 11.3 Å². The van der Waals surface area contributed by atoms with Crippen molar-refractivity contribution in [2.45, 2.75) is 51.5 Å². The fourth-order valence-corrected chi connectivity index (χ4v) is 3.58. The van der Waals surface area contributed by atoms with Gasteiger partial charge in [0.15, 0.2) is 5.82 Å². The molecule has 0 radical (unpaired) electrons. The van der Waals surface area contributed by atoms with Gasteiger partial charge in [-0.2, -0.15) is 4.98 Å². The van der Waals surface area contributed by atoms with Crippen LogP contribution >= 0.6 is 11.3 Å². The molecule has 108 valence electrons. The summed E-state index contributed by atoms with van der Waals surface area (Å²) in [5.74, 6) is 2.03. The van der Waals surface area contributed by atoms with E-state index in [-0.39, 0.29) is 0 Å². The topological polar surface area (TPSA) is 64.9 Å². The van der Waals surface area contributed by atoms with Crippen LogP contribution in [0.2, 0.25) is 0 Å². The average Bonchev–Trinajstić information content (AvgIpc) is 3.10. The van der Waals surface area contributed by atoms with Gasteiger partial charge in [-0.05, 0) is 50.2 Å². The molecule has 1 saturated carbocycles. The highest BCUT2D eigenvalue weighted by molar-refractivity contribution is 7.15. The first kappa shape index (κ1) is 13.8. The van der Waals surface area contributed by atoms with Crippen LogP contribution < -0.4 is 5.73 Å². The highest BCUT2D eigenvalue weighted by Crippen LogP contribution is 2.37. The molecule has 0 unspecified atom stereocenters. The van der Waals surface area contributed by atoms with E-state index in [0.717, 1.165) is 42.9 Å². The molecule has 0 aromatic carbocycles. The lowest BCUT2D eigenvalue weighted by molar-refractivity contribution is 0.230. The second-order valence-corrected chi connectivity index (χ2v) is 7.05. The SMILES string of the molecule is CCc1ccc(-c2nc(C3(N)CCC(C)CC3)no2)s1. The summed E-state index contributed by atoms with van der Waals surface area (Å²) in [4.78, 5) is 6.92. The fraction of sp³-hybridized carbons (Fsp3) is 0.600. The Labute approximate surface area is 123 Å². The van der Waals surface area contributed by atoms with E-state index in [1.54, 1.807) is 11.3 Å². The molecule has 20 heavy (non-hydrogen) atoms. The lowest BCUT2D eigenvalue weighted by atomic mass is 9.77. The van der Waals surface area contributed by atoms with Crippen LogP contribution in [0, 0.1) is 5.92 Å². The third-order valence-corrected chi connectivity index (χ3v) is 5.48. The molecule has 2 N–H and O–H groups in total. The second-order valence-electron chi connectivity index (χ2n) is 5.88. The van der Waals surface area contributed by atoms with Crippen LogP contribution in [0.4, 0.5) is 0 Å². The Morgan fingerprint density at radius 1 is 1.40 bits per heavy atom. The van der Waals surface area contributed by atoms with Crippen molar-refractivity contribution in [1.29, 1.82) is 0 Å². The maximum absolute atomic E-state index is 6.48. The first-order valence-electron chi connectivity index (χ1n) is 7.33. The molecule has 0 aliphatic heterocycles. The fourth-order valence-electron chi connectivity index (χ4n) is 2.71. The van der Waals surface area contributed by atoms with Crippen molar-refractivity contribution in [3.05, 3.63) is 22.8 Å². The van der Waals surface area contributed by atoms with Crippen LogP contribution in [-0.4, -0.2) is 10.1 Å². The van der Waals surface area contributed by atoms with Gasteiger partial charge in [0.05, 0.1) is 10.4 Å². The Kier molecular flexibility index (Phi) is 3.65. The van der Waals surface area contributed by atoms with Gasteiger partial charge in [-0.25, -0.2) is 0 Å². The van der Waals surface area contributed by atoms with Gasteiger partial charge in [-0.1, -0.05) is 19.0 Å². The third kappa shape index (κ3) is 2.52. The molecule has 0 bridgehead atoms. The smallest absolute Gasteiger partial charge is 0.268 e. The lowest BCUT2D eigenvalue weighted by Gasteiger charge is -2.33. The molecule has 0 saturated heterocycles. The maximum atomic E-state index is 6.48. The summed E-state index contributed by atoms with van der Waals surface area (Å²) in [7, 11) is 0. The Bertz CT molecular complexity index is 581. The Hall–Kier alpha value is -1.20. The molecular formula is C15H21N3OS. The summed E-state index contributed by atoms with van der Waals surface area (Å²) < 4.78 is 5.42. The Balaban J connectivity index is 1.83. The van der Waals surface area contributed by atoms with Gasteiger partial charge in [0.2, 0.25) is 0 Å². The first-order valence-corrected chi connectivity index (χ1v) is 8.14. The van der Waals surface area contributed by atoms with E-state index in [1.807, 2.05) is 6.07 Å². The highest BCUT2D eigenvalue weighted by Gasteiger charge is 2.36. The molecule has 0 atom stereocenters. The van der Waals surface area contributed by atoms with Gasteiger partial charge >= 0.3 is 0 Å². The largest absolute Gasteiger partial charge is 0.333 e. The van der Waals surface area contributed by atoms with Gasteiger partial charge < -0.3 is 10.3 Å². The molecule has 2 heterocycles. The minimum atomic E-state index is -0.404. The summed E-state index contributed by atoms with van der Waals surface area (Å²) in [6.07, 6.45) is 5.19. The predicted molar refractivity (Wildman–Crippen MR) is 80.5 cm³/mol. The number of aryl methyl sites for hydroxylation is 1. The minimum absolute atomic E-state index is 0.404. The molecule has 3 rings (SSSR count). The zero-order valence-corrected chi connectivity index (χ0v) is 12.9. The Morgan fingerprint density at radius 2 is 2.15 bits per heavy atom. The van der Waals surface area contributed by atoms with Gasteiger partial charge in [-0.15, -0.1) is 11.3 Å². The molecule has 1 aliphatic rings. The average molecular weight is 291 g/mol. The van der Waals surface area contributed by atoms with E-state index in [0.29, 0.717) is 11.7 Å². The standard InChI is InChI=1S/C15H21N3OS/c1-3-11-4-5-12(20-11)13-17-14(18-19-13)15(16)8-6-10(2)7-9-15/h4-5,10H,3,6-9,16H2,1-2H3. The summed E-state index contributed by atoms with van der Waals surface area (Å²) in [5.41, 5.74) is 6.08. The van der Waals surface area contributed by atoms with Crippen LogP contribution in [0.3, 0.4) is 0 Å². The molecule has 0 spiro atoms. The maximum Gasteiger partial charge on any atom is 0.268 e. The van der Waals surface area contributed by atoms with Gasteiger partial charge in [0.25, 0.3) is 5.89 Å². The molecule has 2 aromatic rings. The minimum Gasteiger partial charge on any atom is -0.333 e. The van der Waals surface area contributed by atoms with Crippen molar-refractivity contribution in [1.82, 2.24) is 10.1 Å². The van der Waals surface area contributed by atoms with Crippen molar-refractivity contribution in [3.63, 3.8) is 0 Å². The molecule has 1 aliphatic carbocycles. The van der Waals surface area contributed by atoms with Crippen LogP contribution in [-0.2, 0) is 12.0 Å². The summed E-state index contributed by atoms with van der Waals surface area (Å²) in [5, 5.41) is 4.14. The summed E-state index contributed by atoms with van der Waals surface area (Å²) >= 11 is 1.71. The van der Waals surface area contributed by atoms with Gasteiger partial charge in [-0.3, -0.25) is 0 Å². The van der Waals surface area contributed by atoms with Crippen molar-refractivity contribution < 1.29 is 4.52 Å². The van der Waals surface area contributed by atoms with E-state index < -0.39 is 5.54 Å². The van der Waals surface area contributed by atoms with Crippen LogP contribution in [0.1, 0.15) is 50.2 Å². The number of rotatable bonds is 3. The molecule has 2 aromatic heterocycles. The molecule has 0 amide bonds. The van der Waals surface area contributed by atoms with Crippen LogP contribution in [0.15, 0.2) is 16.7 Å². The lowest BCUT2D eigenvalue weighted by Crippen LogP contribution is -2.41. The van der Waals surface area contributed by atoms with Gasteiger partial charge in [0.1, 0.15) is 0 Å². The molecule has 1 fully saturated rings. The van der Waals surface area contributed by atoms with Crippen LogP contribution in [0.5, 0.6) is 0 Å². The zero-order valence-electron chi connectivity index (χ0n) is 12.1. The predicted octanol–water partition coefficient (Wildman–Crippen LogP) is 3.72. The second kappa shape index (κ2) is 5.30. The highest BCUT2D eigenvalue weighted by atomic mass is 32.1. The Morgan fingerprint density at radius 3 is 2.80 bits per heavy atom. The summed E-state index contributed by atoms with van der Waals surface area (Å²) in [6, 6.07) is 4.16. The quantitative estimate of drug-likeness (QED) is 0.936. The van der Waals surface area contributed by atoms with Crippen molar-refractivity contribution in [3.8, 4) is 10.8 Å².